The molecule has 0 radical (unpaired) electrons. The summed E-state index contributed by atoms with van der Waals surface area (Å²) in [5.41, 5.74) is 1.18. The molecule has 0 aliphatic carbocycles. The minimum Gasteiger partial charge on any atom is -0.388 e. The van der Waals surface area contributed by atoms with Crippen molar-refractivity contribution in [3.8, 4) is 10.6 Å². The number of fused-ring (bicyclic) bond motifs is 1. The smallest absolute Gasteiger partial charge is 0.365 e. The molecule has 0 saturated carbocycles. The average molecular weight is 324 g/mol. The highest BCUT2D eigenvalue weighted by Crippen LogP contribution is 2.31. The van der Waals surface area contributed by atoms with E-state index in [1.807, 2.05) is 24.3 Å². The molecule has 4 nitrogen and oxygen atoms in total. The van der Waals surface area contributed by atoms with Crippen LogP contribution in [0.2, 0.25) is 0 Å². The third-order valence-corrected chi connectivity index (χ3v) is 4.13. The van der Waals surface area contributed by atoms with Crippen LogP contribution < -0.4 is 0 Å². The number of hydrogen-bond acceptors (Lipinski definition) is 5. The van der Waals surface area contributed by atoms with E-state index in [-0.39, 0.29) is 12.1 Å². The summed E-state index contributed by atoms with van der Waals surface area (Å²) in [7, 11) is 0. The molecule has 0 bridgehead atoms. The van der Waals surface area contributed by atoms with Crippen LogP contribution in [0.4, 0.5) is 0 Å². The summed E-state index contributed by atoms with van der Waals surface area (Å²) in [5, 5.41) is 0.721. The average Bonchev–Trinajstić information content (AvgIpc) is 2.74. The molecule has 0 saturated heterocycles. The maximum Gasteiger partial charge on any atom is 0.365 e. The van der Waals surface area contributed by atoms with Crippen LogP contribution >= 0.6 is 27.3 Å². The summed E-state index contributed by atoms with van der Waals surface area (Å²) in [5.74, 6) is -1.17. The lowest BCUT2D eigenvalue weighted by molar-refractivity contribution is -0.137. The lowest BCUT2D eigenvalue weighted by Gasteiger charge is -2.06. The van der Waals surface area contributed by atoms with E-state index in [0.29, 0.717) is 4.88 Å². The van der Waals surface area contributed by atoms with Gasteiger partial charge in [0, 0.05) is 10.0 Å². The topological polar surface area (TPSA) is 56.3 Å². The fourth-order valence-corrected chi connectivity index (χ4v) is 2.97. The molecule has 1 aliphatic heterocycles. The highest BCUT2D eigenvalue weighted by molar-refractivity contribution is 9.10. The minimum absolute atomic E-state index is 0.120. The molecule has 90 valence electrons. The molecule has 2 aromatic rings. The Morgan fingerprint density at radius 3 is 2.67 bits per heavy atom. The molecular formula is C12H6BrNO3S. The van der Waals surface area contributed by atoms with Crippen LogP contribution in [0.15, 0.2) is 28.7 Å². The van der Waals surface area contributed by atoms with Crippen molar-refractivity contribution < 1.29 is 14.3 Å². The van der Waals surface area contributed by atoms with Crippen molar-refractivity contribution in [2.75, 3.05) is 0 Å². The standard InChI is InChI=1S/C12H6BrNO3S/c13-7-3-1-6(2-4-7)11-14-10-8(18-11)5-9(15)17-12(10)16/h1-4H,5H2. The number of carbonyl (C=O) groups excluding carboxylic acids is 2. The van der Waals surface area contributed by atoms with Gasteiger partial charge in [-0.15, -0.1) is 11.3 Å². The van der Waals surface area contributed by atoms with Crippen molar-refractivity contribution in [3.05, 3.63) is 39.3 Å². The first-order valence-electron chi connectivity index (χ1n) is 5.14. The van der Waals surface area contributed by atoms with Gasteiger partial charge in [-0.25, -0.2) is 9.78 Å². The number of esters is 2. The van der Waals surface area contributed by atoms with Crippen molar-refractivity contribution in [1.82, 2.24) is 4.98 Å². The molecule has 3 rings (SSSR count). The van der Waals surface area contributed by atoms with E-state index in [9.17, 15) is 9.59 Å². The van der Waals surface area contributed by atoms with Crippen molar-refractivity contribution in [2.24, 2.45) is 0 Å². The second-order valence-electron chi connectivity index (χ2n) is 3.74. The molecule has 18 heavy (non-hydrogen) atoms. The molecule has 6 heteroatoms. The highest BCUT2D eigenvalue weighted by Gasteiger charge is 2.29. The summed E-state index contributed by atoms with van der Waals surface area (Å²) in [6.07, 6.45) is 0.120. The van der Waals surface area contributed by atoms with Gasteiger partial charge in [0.25, 0.3) is 0 Å². The van der Waals surface area contributed by atoms with Gasteiger partial charge >= 0.3 is 11.9 Å². The number of benzene rings is 1. The lowest BCUT2D eigenvalue weighted by atomic mass is 10.2. The molecule has 1 aromatic carbocycles. The highest BCUT2D eigenvalue weighted by atomic mass is 79.9. The van der Waals surface area contributed by atoms with Gasteiger partial charge in [0.1, 0.15) is 5.01 Å². The summed E-state index contributed by atoms with van der Waals surface area (Å²) in [6.45, 7) is 0. The van der Waals surface area contributed by atoms with Gasteiger partial charge in [-0.05, 0) is 12.1 Å². The molecule has 0 fully saturated rings. The molecule has 1 aliphatic rings. The van der Waals surface area contributed by atoms with Gasteiger partial charge in [0.15, 0.2) is 5.69 Å². The number of cyclic esters (lactones) is 2. The van der Waals surface area contributed by atoms with Crippen LogP contribution in [-0.4, -0.2) is 16.9 Å². The second kappa shape index (κ2) is 4.29. The quantitative estimate of drug-likeness (QED) is 0.598. The summed E-state index contributed by atoms with van der Waals surface area (Å²) >= 11 is 4.71. The molecule has 2 heterocycles. The monoisotopic (exact) mass is 323 g/mol. The Bertz CT molecular complexity index is 648. The molecule has 0 N–H and O–H groups in total. The normalized spacial score (nSPS) is 14.3. The third kappa shape index (κ3) is 1.97. The van der Waals surface area contributed by atoms with Crippen molar-refractivity contribution >= 4 is 39.2 Å². The lowest BCUT2D eigenvalue weighted by Crippen LogP contribution is -2.21. The second-order valence-corrected chi connectivity index (χ2v) is 5.74. The Kier molecular flexibility index (Phi) is 2.76. The van der Waals surface area contributed by atoms with Crippen molar-refractivity contribution in [1.29, 1.82) is 0 Å². The molecule has 0 spiro atoms. The molecular weight excluding hydrogens is 318 g/mol. The van der Waals surface area contributed by atoms with E-state index in [1.54, 1.807) is 0 Å². The first-order valence-corrected chi connectivity index (χ1v) is 6.75. The van der Waals surface area contributed by atoms with Crippen LogP contribution in [0.5, 0.6) is 0 Å². The van der Waals surface area contributed by atoms with E-state index in [4.69, 9.17) is 0 Å². The van der Waals surface area contributed by atoms with Crippen LogP contribution in [0.25, 0.3) is 10.6 Å². The Morgan fingerprint density at radius 2 is 1.94 bits per heavy atom. The zero-order valence-electron chi connectivity index (χ0n) is 8.97. The number of ether oxygens (including phenoxy) is 1. The van der Waals surface area contributed by atoms with Gasteiger partial charge < -0.3 is 4.74 Å². The number of aromatic nitrogens is 1. The van der Waals surface area contributed by atoms with Gasteiger partial charge in [0.05, 0.1) is 11.3 Å². The van der Waals surface area contributed by atoms with Crippen molar-refractivity contribution in [2.45, 2.75) is 6.42 Å². The van der Waals surface area contributed by atoms with E-state index in [0.717, 1.165) is 15.0 Å². The Balaban J connectivity index is 2.05. The summed E-state index contributed by atoms with van der Waals surface area (Å²) < 4.78 is 5.51. The molecule has 0 atom stereocenters. The fourth-order valence-electron chi connectivity index (χ4n) is 1.67. The number of thiazole rings is 1. The number of carbonyl (C=O) groups is 2. The molecule has 0 unspecified atom stereocenters. The van der Waals surface area contributed by atoms with Gasteiger partial charge in [-0.1, -0.05) is 28.1 Å². The Hall–Kier alpha value is -1.53. The zero-order chi connectivity index (χ0) is 12.7. The zero-order valence-corrected chi connectivity index (χ0v) is 11.4. The maximum atomic E-state index is 11.5. The largest absolute Gasteiger partial charge is 0.388 e. The van der Waals surface area contributed by atoms with E-state index in [2.05, 4.69) is 25.7 Å². The first-order chi connectivity index (χ1) is 8.63. The van der Waals surface area contributed by atoms with Gasteiger partial charge in [0.2, 0.25) is 0 Å². The van der Waals surface area contributed by atoms with Gasteiger partial charge in [-0.2, -0.15) is 0 Å². The minimum atomic E-state index is -0.652. The number of hydrogen-bond donors (Lipinski definition) is 0. The predicted molar refractivity (Wildman–Crippen MR) is 69.4 cm³/mol. The van der Waals surface area contributed by atoms with Crippen LogP contribution in [0.1, 0.15) is 15.4 Å². The number of rotatable bonds is 1. The van der Waals surface area contributed by atoms with E-state index in [1.165, 1.54) is 11.3 Å². The SMILES string of the molecule is O=C1Cc2sc(-c3ccc(Br)cc3)nc2C(=O)O1. The van der Waals surface area contributed by atoms with Gasteiger partial charge in [-0.3, -0.25) is 4.79 Å². The first kappa shape index (κ1) is 11.6. The molecule has 1 aromatic heterocycles. The molecule has 0 amide bonds. The summed E-state index contributed by atoms with van der Waals surface area (Å²) in [4.78, 5) is 27.6. The van der Waals surface area contributed by atoms with Crippen LogP contribution in [0.3, 0.4) is 0 Å². The number of halogens is 1. The van der Waals surface area contributed by atoms with E-state index >= 15 is 0 Å². The summed E-state index contributed by atoms with van der Waals surface area (Å²) in [6, 6.07) is 7.61. The van der Waals surface area contributed by atoms with Crippen molar-refractivity contribution in [3.63, 3.8) is 0 Å². The Labute approximate surface area is 115 Å². The van der Waals surface area contributed by atoms with Crippen LogP contribution in [0, 0.1) is 0 Å². The number of nitrogens with zero attached hydrogens (tertiary/aromatic N) is 1. The Morgan fingerprint density at radius 1 is 1.22 bits per heavy atom. The predicted octanol–water partition coefficient (Wildman–Crippen LogP) is 2.81. The van der Waals surface area contributed by atoms with Crippen LogP contribution in [-0.2, 0) is 16.0 Å². The van der Waals surface area contributed by atoms with E-state index < -0.39 is 11.9 Å². The maximum absolute atomic E-state index is 11.5. The fraction of sp³-hybridized carbons (Fsp3) is 0.0833. The third-order valence-electron chi connectivity index (χ3n) is 2.49.